The fraction of sp³-hybridized carbons (Fsp3) is 0.440. The lowest BCUT2D eigenvalue weighted by atomic mass is 10.0. The molecule has 4 nitrogen and oxygen atoms in total. The van der Waals surface area contributed by atoms with Gasteiger partial charge in [-0.15, -0.1) is 0 Å². The zero-order chi connectivity index (χ0) is 21.2. The third kappa shape index (κ3) is 7.04. The first-order valence-corrected chi connectivity index (χ1v) is 10.6. The molecule has 0 aliphatic rings. The predicted molar refractivity (Wildman–Crippen MR) is 119 cm³/mol. The Balaban J connectivity index is 2.20. The normalized spacial score (nSPS) is 12.8. The Kier molecular flexibility index (Phi) is 8.91. The molecule has 29 heavy (non-hydrogen) atoms. The van der Waals surface area contributed by atoms with Crippen molar-refractivity contribution in [3.63, 3.8) is 0 Å². The maximum Gasteiger partial charge on any atom is 0.243 e. The summed E-state index contributed by atoms with van der Waals surface area (Å²) in [6.45, 7) is 8.56. The van der Waals surface area contributed by atoms with E-state index in [0.29, 0.717) is 19.4 Å². The van der Waals surface area contributed by atoms with Crippen molar-refractivity contribution in [1.29, 1.82) is 0 Å². The molecule has 2 aromatic rings. The first-order valence-electron chi connectivity index (χ1n) is 10.6. The van der Waals surface area contributed by atoms with E-state index in [-0.39, 0.29) is 17.9 Å². The lowest BCUT2D eigenvalue weighted by Gasteiger charge is -2.31. The smallest absolute Gasteiger partial charge is 0.243 e. The van der Waals surface area contributed by atoms with Gasteiger partial charge in [0, 0.05) is 12.6 Å². The number of rotatable bonds is 10. The first-order chi connectivity index (χ1) is 13.9. The second-order valence-corrected chi connectivity index (χ2v) is 7.73. The van der Waals surface area contributed by atoms with Crippen molar-refractivity contribution >= 4 is 11.8 Å². The third-order valence-corrected chi connectivity index (χ3v) is 5.31. The van der Waals surface area contributed by atoms with Gasteiger partial charge in [0.1, 0.15) is 6.04 Å². The molecule has 0 aliphatic heterocycles. The highest BCUT2D eigenvalue weighted by molar-refractivity contribution is 5.88. The number of nitrogens with one attached hydrogen (secondary N) is 1. The summed E-state index contributed by atoms with van der Waals surface area (Å²) in [5.74, 6) is -0.0646. The molecule has 2 aromatic carbocycles. The summed E-state index contributed by atoms with van der Waals surface area (Å²) in [4.78, 5) is 27.9. The fourth-order valence-corrected chi connectivity index (χ4v) is 3.44. The van der Waals surface area contributed by atoms with E-state index >= 15 is 0 Å². The Hall–Kier alpha value is -2.62. The number of carbonyl (C=O) groups is 2. The Morgan fingerprint density at radius 2 is 1.66 bits per heavy atom. The van der Waals surface area contributed by atoms with Crippen LogP contribution in [0, 0.1) is 6.92 Å². The van der Waals surface area contributed by atoms with E-state index in [0.717, 1.165) is 29.5 Å². The van der Waals surface area contributed by atoms with Crippen LogP contribution < -0.4 is 5.32 Å². The van der Waals surface area contributed by atoms with Gasteiger partial charge in [0.2, 0.25) is 11.8 Å². The summed E-state index contributed by atoms with van der Waals surface area (Å²) in [5, 5.41) is 3.05. The van der Waals surface area contributed by atoms with Crippen molar-refractivity contribution in [2.24, 2.45) is 0 Å². The Bertz CT molecular complexity index is 788. The quantitative estimate of drug-likeness (QED) is 0.653. The topological polar surface area (TPSA) is 49.4 Å². The average molecular weight is 395 g/mol. The highest BCUT2D eigenvalue weighted by Gasteiger charge is 2.28. The highest BCUT2D eigenvalue weighted by atomic mass is 16.2. The number of hydrogen-bond donors (Lipinski definition) is 1. The summed E-state index contributed by atoms with van der Waals surface area (Å²) in [6.07, 6.45) is 2.50. The van der Waals surface area contributed by atoms with E-state index in [4.69, 9.17) is 0 Å². The van der Waals surface area contributed by atoms with Crippen molar-refractivity contribution < 1.29 is 9.59 Å². The van der Waals surface area contributed by atoms with Gasteiger partial charge in [-0.25, -0.2) is 0 Å². The van der Waals surface area contributed by atoms with Crippen LogP contribution in [0.5, 0.6) is 0 Å². The summed E-state index contributed by atoms with van der Waals surface area (Å²) >= 11 is 0. The standard InChI is InChI=1S/C25H34N2O2/c1-5-20(4)26-25(29)23(6-2)27(16-15-21-12-8-7-9-13-21)24(28)18-22-14-10-11-19(3)17-22/h7-14,17,20,23H,5-6,15-16,18H2,1-4H3,(H,26,29). The molecule has 2 amide bonds. The van der Waals surface area contributed by atoms with Crippen LogP contribution in [-0.4, -0.2) is 35.3 Å². The van der Waals surface area contributed by atoms with Crippen LogP contribution >= 0.6 is 0 Å². The molecule has 2 atom stereocenters. The molecule has 2 rings (SSSR count). The van der Waals surface area contributed by atoms with Crippen molar-refractivity contribution in [3.8, 4) is 0 Å². The van der Waals surface area contributed by atoms with Gasteiger partial charge in [0.15, 0.2) is 0 Å². The van der Waals surface area contributed by atoms with Crippen LogP contribution in [-0.2, 0) is 22.4 Å². The molecule has 0 radical (unpaired) electrons. The minimum absolute atomic E-state index is 0.00215. The summed E-state index contributed by atoms with van der Waals surface area (Å²) in [5.41, 5.74) is 3.28. The van der Waals surface area contributed by atoms with Crippen LogP contribution in [0.1, 0.15) is 50.3 Å². The second-order valence-electron chi connectivity index (χ2n) is 7.73. The molecule has 0 heterocycles. The van der Waals surface area contributed by atoms with Crippen molar-refractivity contribution in [2.75, 3.05) is 6.54 Å². The third-order valence-electron chi connectivity index (χ3n) is 5.31. The number of nitrogens with zero attached hydrogens (tertiary/aromatic N) is 1. The van der Waals surface area contributed by atoms with E-state index in [1.165, 1.54) is 0 Å². The van der Waals surface area contributed by atoms with Crippen LogP contribution in [0.25, 0.3) is 0 Å². The molecular weight excluding hydrogens is 360 g/mol. The van der Waals surface area contributed by atoms with Gasteiger partial charge in [0.05, 0.1) is 6.42 Å². The lowest BCUT2D eigenvalue weighted by molar-refractivity contribution is -0.140. The van der Waals surface area contributed by atoms with E-state index in [1.807, 2.05) is 70.2 Å². The largest absolute Gasteiger partial charge is 0.352 e. The monoisotopic (exact) mass is 394 g/mol. The molecular formula is C25H34N2O2. The van der Waals surface area contributed by atoms with E-state index < -0.39 is 6.04 Å². The van der Waals surface area contributed by atoms with Crippen LogP contribution in [0.15, 0.2) is 54.6 Å². The van der Waals surface area contributed by atoms with Crippen LogP contribution in [0.4, 0.5) is 0 Å². The molecule has 1 N–H and O–H groups in total. The second kappa shape index (κ2) is 11.4. The number of amides is 2. The number of carbonyl (C=O) groups excluding carboxylic acids is 2. The van der Waals surface area contributed by atoms with Gasteiger partial charge in [-0.3, -0.25) is 9.59 Å². The Morgan fingerprint density at radius 1 is 0.966 bits per heavy atom. The van der Waals surface area contributed by atoms with Gasteiger partial charge in [-0.1, -0.05) is 74.0 Å². The average Bonchev–Trinajstić information content (AvgIpc) is 2.71. The highest BCUT2D eigenvalue weighted by Crippen LogP contribution is 2.13. The zero-order valence-electron chi connectivity index (χ0n) is 18.2. The molecule has 2 unspecified atom stereocenters. The minimum Gasteiger partial charge on any atom is -0.352 e. The van der Waals surface area contributed by atoms with Gasteiger partial charge in [-0.05, 0) is 44.2 Å². The maximum atomic E-state index is 13.3. The molecule has 0 aromatic heterocycles. The van der Waals surface area contributed by atoms with Gasteiger partial charge < -0.3 is 10.2 Å². The number of hydrogen-bond acceptors (Lipinski definition) is 2. The van der Waals surface area contributed by atoms with E-state index in [9.17, 15) is 9.59 Å². The predicted octanol–water partition coefficient (Wildman–Crippen LogP) is 4.30. The molecule has 0 spiro atoms. The van der Waals surface area contributed by atoms with Crippen molar-refractivity contribution in [3.05, 3.63) is 71.3 Å². The Labute approximate surface area is 175 Å². The lowest BCUT2D eigenvalue weighted by Crippen LogP contribution is -2.52. The fourth-order valence-electron chi connectivity index (χ4n) is 3.44. The number of benzene rings is 2. The maximum absolute atomic E-state index is 13.3. The summed E-state index contributed by atoms with van der Waals surface area (Å²) in [7, 11) is 0. The van der Waals surface area contributed by atoms with Gasteiger partial charge in [0.25, 0.3) is 0 Å². The van der Waals surface area contributed by atoms with Crippen molar-refractivity contribution in [2.45, 2.75) is 65.5 Å². The van der Waals surface area contributed by atoms with Gasteiger partial charge >= 0.3 is 0 Å². The summed E-state index contributed by atoms with van der Waals surface area (Å²) in [6, 6.07) is 17.8. The van der Waals surface area contributed by atoms with E-state index in [1.54, 1.807) is 4.90 Å². The Morgan fingerprint density at radius 3 is 2.28 bits per heavy atom. The zero-order valence-corrected chi connectivity index (χ0v) is 18.2. The number of aryl methyl sites for hydroxylation is 1. The van der Waals surface area contributed by atoms with Crippen LogP contribution in [0.2, 0.25) is 0 Å². The molecule has 156 valence electrons. The molecule has 0 bridgehead atoms. The molecule has 0 fully saturated rings. The SMILES string of the molecule is CCC(C)NC(=O)C(CC)N(CCc1ccccc1)C(=O)Cc1cccc(C)c1. The molecule has 0 saturated heterocycles. The molecule has 0 aliphatic carbocycles. The van der Waals surface area contributed by atoms with Gasteiger partial charge in [-0.2, -0.15) is 0 Å². The molecule has 4 heteroatoms. The molecule has 0 saturated carbocycles. The van der Waals surface area contributed by atoms with Crippen LogP contribution in [0.3, 0.4) is 0 Å². The first kappa shape index (κ1) is 22.7. The summed E-state index contributed by atoms with van der Waals surface area (Å²) < 4.78 is 0. The minimum atomic E-state index is -0.454. The van der Waals surface area contributed by atoms with E-state index in [2.05, 4.69) is 17.4 Å². The van der Waals surface area contributed by atoms with Crippen molar-refractivity contribution in [1.82, 2.24) is 10.2 Å².